The van der Waals surface area contributed by atoms with Crippen molar-refractivity contribution in [3.8, 4) is 11.1 Å². The zero-order valence-electron chi connectivity index (χ0n) is 11.5. The number of hydrogen-bond donors (Lipinski definition) is 0. The average molecular weight is 272 g/mol. The number of benzene rings is 2. The molecule has 0 saturated carbocycles. The van der Waals surface area contributed by atoms with E-state index in [1.165, 1.54) is 19.1 Å². The quantitative estimate of drug-likeness (QED) is 0.651. The normalized spacial score (nSPS) is 11.2. The lowest BCUT2D eigenvalue weighted by Gasteiger charge is -2.07. The second-order valence-electron chi connectivity index (χ2n) is 5.11. The fourth-order valence-corrected chi connectivity index (χ4v) is 2.42. The molecule has 0 spiro atoms. The van der Waals surface area contributed by atoms with E-state index < -0.39 is 11.6 Å². The van der Waals surface area contributed by atoms with E-state index in [4.69, 9.17) is 0 Å². The summed E-state index contributed by atoms with van der Waals surface area (Å²) < 4.78 is 29.2. The number of nitrogens with zero attached hydrogens (tertiary/aromatic N) is 2. The highest BCUT2D eigenvalue weighted by Crippen LogP contribution is 2.31. The van der Waals surface area contributed by atoms with Crippen LogP contribution in [0.25, 0.3) is 22.0 Å². The van der Waals surface area contributed by atoms with Crippen LogP contribution in [0.15, 0.2) is 30.5 Å². The van der Waals surface area contributed by atoms with Crippen molar-refractivity contribution in [3.05, 3.63) is 53.2 Å². The first kappa shape index (κ1) is 12.8. The van der Waals surface area contributed by atoms with Gasteiger partial charge < -0.3 is 0 Å². The predicted octanol–water partition coefficient (Wildman–Crippen LogP) is 4.14. The van der Waals surface area contributed by atoms with Crippen molar-refractivity contribution in [2.24, 2.45) is 7.05 Å². The maximum Gasteiger partial charge on any atom is 0.129 e. The van der Waals surface area contributed by atoms with Crippen LogP contribution >= 0.6 is 0 Å². The molecule has 0 aliphatic rings. The van der Waals surface area contributed by atoms with Crippen molar-refractivity contribution in [1.82, 2.24) is 9.78 Å². The Balaban J connectivity index is 2.34. The average Bonchev–Trinajstić information content (AvgIpc) is 2.74. The highest BCUT2D eigenvalue weighted by atomic mass is 19.1. The van der Waals surface area contributed by atoms with Gasteiger partial charge in [0.1, 0.15) is 11.6 Å². The standard InChI is InChI=1S/C16H14F2N2/c1-9-4-12(13-8-20(3)19-16(13)5-9)11-6-14(17)10(2)15(18)7-11/h4-8H,1-3H3. The van der Waals surface area contributed by atoms with E-state index in [-0.39, 0.29) is 5.56 Å². The summed E-state index contributed by atoms with van der Waals surface area (Å²) in [5, 5.41) is 5.24. The van der Waals surface area contributed by atoms with Gasteiger partial charge in [-0.3, -0.25) is 4.68 Å². The Hall–Kier alpha value is -2.23. The first-order valence-corrected chi connectivity index (χ1v) is 6.36. The number of rotatable bonds is 1. The van der Waals surface area contributed by atoms with Gasteiger partial charge in [0.15, 0.2) is 0 Å². The second-order valence-corrected chi connectivity index (χ2v) is 5.11. The largest absolute Gasteiger partial charge is 0.275 e. The molecule has 0 saturated heterocycles. The molecule has 4 heteroatoms. The highest BCUT2D eigenvalue weighted by Gasteiger charge is 2.12. The van der Waals surface area contributed by atoms with Crippen LogP contribution in [0.2, 0.25) is 0 Å². The fraction of sp³-hybridized carbons (Fsp3) is 0.188. The van der Waals surface area contributed by atoms with Crippen molar-refractivity contribution in [3.63, 3.8) is 0 Å². The van der Waals surface area contributed by atoms with Crippen molar-refractivity contribution >= 4 is 10.9 Å². The molecular weight excluding hydrogens is 258 g/mol. The molecule has 0 fully saturated rings. The molecule has 1 aromatic heterocycles. The van der Waals surface area contributed by atoms with Gasteiger partial charge in [-0.25, -0.2) is 8.78 Å². The van der Waals surface area contributed by atoms with Crippen molar-refractivity contribution in [1.29, 1.82) is 0 Å². The minimum atomic E-state index is -0.529. The zero-order valence-corrected chi connectivity index (χ0v) is 11.5. The lowest BCUT2D eigenvalue weighted by atomic mass is 9.98. The van der Waals surface area contributed by atoms with Gasteiger partial charge in [0, 0.05) is 24.2 Å². The monoisotopic (exact) mass is 272 g/mol. The van der Waals surface area contributed by atoms with Gasteiger partial charge in [0.2, 0.25) is 0 Å². The first-order chi connectivity index (χ1) is 9.45. The molecular formula is C16H14F2N2. The summed E-state index contributed by atoms with van der Waals surface area (Å²) in [7, 11) is 1.83. The van der Waals surface area contributed by atoms with E-state index >= 15 is 0 Å². The van der Waals surface area contributed by atoms with Gasteiger partial charge >= 0.3 is 0 Å². The van der Waals surface area contributed by atoms with E-state index in [1.807, 2.05) is 32.3 Å². The fourth-order valence-electron chi connectivity index (χ4n) is 2.42. The van der Waals surface area contributed by atoms with Gasteiger partial charge in [-0.1, -0.05) is 6.07 Å². The molecule has 0 amide bonds. The van der Waals surface area contributed by atoms with E-state index in [2.05, 4.69) is 5.10 Å². The predicted molar refractivity (Wildman–Crippen MR) is 75.5 cm³/mol. The molecule has 0 N–H and O–H groups in total. The van der Waals surface area contributed by atoms with Crippen LogP contribution in [0.5, 0.6) is 0 Å². The number of hydrogen-bond acceptors (Lipinski definition) is 1. The number of aryl methyl sites for hydroxylation is 2. The molecule has 0 atom stereocenters. The van der Waals surface area contributed by atoms with Crippen molar-refractivity contribution < 1.29 is 8.78 Å². The van der Waals surface area contributed by atoms with E-state index in [0.29, 0.717) is 5.56 Å². The van der Waals surface area contributed by atoms with Crippen LogP contribution in [-0.4, -0.2) is 9.78 Å². The third-order valence-corrected chi connectivity index (χ3v) is 3.48. The zero-order chi connectivity index (χ0) is 14.4. The topological polar surface area (TPSA) is 17.8 Å². The Morgan fingerprint density at radius 2 is 1.65 bits per heavy atom. The highest BCUT2D eigenvalue weighted by molar-refractivity contribution is 5.95. The van der Waals surface area contributed by atoms with Crippen LogP contribution in [0.1, 0.15) is 11.1 Å². The summed E-state index contributed by atoms with van der Waals surface area (Å²) in [6.07, 6.45) is 1.86. The summed E-state index contributed by atoms with van der Waals surface area (Å²) in [5.41, 5.74) is 3.21. The third-order valence-electron chi connectivity index (χ3n) is 3.48. The van der Waals surface area contributed by atoms with E-state index in [9.17, 15) is 8.78 Å². The molecule has 0 bridgehead atoms. The Kier molecular flexibility index (Phi) is 2.82. The smallest absolute Gasteiger partial charge is 0.129 e. The Morgan fingerprint density at radius 1 is 1.00 bits per heavy atom. The van der Waals surface area contributed by atoms with Crippen LogP contribution in [-0.2, 0) is 7.05 Å². The number of aromatic nitrogens is 2. The molecule has 0 aliphatic heterocycles. The maximum atomic E-state index is 13.8. The summed E-state index contributed by atoms with van der Waals surface area (Å²) in [4.78, 5) is 0. The molecule has 2 nitrogen and oxygen atoms in total. The maximum absolute atomic E-state index is 13.8. The van der Waals surface area contributed by atoms with Crippen LogP contribution < -0.4 is 0 Å². The van der Waals surface area contributed by atoms with Crippen molar-refractivity contribution in [2.45, 2.75) is 13.8 Å². The van der Waals surface area contributed by atoms with Gasteiger partial charge in [0.05, 0.1) is 5.52 Å². The molecule has 3 rings (SSSR count). The SMILES string of the molecule is Cc1cc(-c2cc(F)c(C)c(F)c2)c2cn(C)nc2c1. The molecule has 0 unspecified atom stereocenters. The minimum absolute atomic E-state index is 0.0452. The Labute approximate surface area is 115 Å². The molecule has 2 aromatic carbocycles. The van der Waals surface area contributed by atoms with E-state index in [0.717, 1.165) is 22.0 Å². The molecule has 102 valence electrons. The molecule has 3 aromatic rings. The van der Waals surface area contributed by atoms with Crippen LogP contribution in [0.3, 0.4) is 0 Å². The van der Waals surface area contributed by atoms with Gasteiger partial charge in [-0.05, 0) is 48.7 Å². The molecule has 20 heavy (non-hydrogen) atoms. The summed E-state index contributed by atoms with van der Waals surface area (Å²) >= 11 is 0. The summed E-state index contributed by atoms with van der Waals surface area (Å²) in [5.74, 6) is -1.06. The number of halogens is 2. The summed E-state index contributed by atoms with van der Waals surface area (Å²) in [6.45, 7) is 3.38. The molecule has 1 heterocycles. The van der Waals surface area contributed by atoms with Crippen molar-refractivity contribution in [2.75, 3.05) is 0 Å². The first-order valence-electron chi connectivity index (χ1n) is 6.36. The molecule has 0 aliphatic carbocycles. The summed E-state index contributed by atoms with van der Waals surface area (Å²) in [6, 6.07) is 6.63. The lowest BCUT2D eigenvalue weighted by Crippen LogP contribution is -1.91. The van der Waals surface area contributed by atoms with Gasteiger partial charge in [0.25, 0.3) is 0 Å². The van der Waals surface area contributed by atoms with Gasteiger partial charge in [-0.15, -0.1) is 0 Å². The molecule has 0 radical (unpaired) electrons. The second kappa shape index (κ2) is 4.40. The Bertz CT molecular complexity index is 796. The van der Waals surface area contributed by atoms with E-state index in [1.54, 1.807) is 4.68 Å². The van der Waals surface area contributed by atoms with Crippen LogP contribution in [0, 0.1) is 25.5 Å². The third kappa shape index (κ3) is 1.97. The van der Waals surface area contributed by atoms with Gasteiger partial charge in [-0.2, -0.15) is 5.10 Å². The van der Waals surface area contributed by atoms with Crippen LogP contribution in [0.4, 0.5) is 8.78 Å². The number of fused-ring (bicyclic) bond motifs is 1. The lowest BCUT2D eigenvalue weighted by molar-refractivity contribution is 0.569. The Morgan fingerprint density at radius 3 is 2.30 bits per heavy atom. The minimum Gasteiger partial charge on any atom is -0.275 e.